The summed E-state index contributed by atoms with van der Waals surface area (Å²) in [5.74, 6) is 0.0279. The lowest BCUT2D eigenvalue weighted by Crippen LogP contribution is -2.02. The number of hydrogen-bond donors (Lipinski definition) is 1. The number of halogens is 2. The Bertz CT molecular complexity index is 552. The van der Waals surface area contributed by atoms with Gasteiger partial charge in [-0.25, -0.2) is 4.39 Å². The van der Waals surface area contributed by atoms with Crippen LogP contribution in [0.4, 0.5) is 10.1 Å². The quantitative estimate of drug-likeness (QED) is 0.883. The molecule has 0 amide bonds. The van der Waals surface area contributed by atoms with Gasteiger partial charge >= 0.3 is 0 Å². The molecular weight excluding hydrogens is 299 g/mol. The van der Waals surface area contributed by atoms with E-state index in [1.165, 1.54) is 12.1 Å². The molecule has 94 valence electrons. The second-order valence-corrected chi connectivity index (χ2v) is 4.72. The van der Waals surface area contributed by atoms with Crippen LogP contribution in [0.15, 0.2) is 34.8 Å². The van der Waals surface area contributed by atoms with Gasteiger partial charge in [0.05, 0.1) is 15.9 Å². The summed E-state index contributed by atoms with van der Waals surface area (Å²) >= 11 is 3.22. The third-order valence-electron chi connectivity index (χ3n) is 2.35. The van der Waals surface area contributed by atoms with Gasteiger partial charge in [-0.05, 0) is 41.1 Å². The Labute approximate surface area is 113 Å². The van der Waals surface area contributed by atoms with Gasteiger partial charge in [0.25, 0.3) is 0 Å². The van der Waals surface area contributed by atoms with Crippen LogP contribution in [0.3, 0.4) is 0 Å². The van der Waals surface area contributed by atoms with E-state index < -0.39 is 5.82 Å². The Balaban J connectivity index is 2.16. The maximum absolute atomic E-state index is 13.0. The summed E-state index contributed by atoms with van der Waals surface area (Å²) < 4.78 is 19.1. The van der Waals surface area contributed by atoms with Gasteiger partial charge in [0.15, 0.2) is 5.75 Å². The monoisotopic (exact) mass is 310 g/mol. The van der Waals surface area contributed by atoms with Crippen molar-refractivity contribution >= 4 is 21.6 Å². The van der Waals surface area contributed by atoms with Crippen molar-refractivity contribution in [3.05, 3.63) is 52.0 Å². The van der Waals surface area contributed by atoms with Crippen LogP contribution in [0.25, 0.3) is 0 Å². The molecule has 0 atom stereocenters. The second kappa shape index (κ2) is 5.35. The molecular formula is C13H12BrFN2O. The number of hydrogen-bond acceptors (Lipinski definition) is 3. The topological polar surface area (TPSA) is 48.1 Å². The SMILES string of the molecule is Cc1cccc(COc2c(N)cc(F)cc2Br)n1. The van der Waals surface area contributed by atoms with Gasteiger partial charge < -0.3 is 10.5 Å². The molecule has 1 aromatic carbocycles. The van der Waals surface area contributed by atoms with Crippen LogP contribution >= 0.6 is 15.9 Å². The summed E-state index contributed by atoms with van der Waals surface area (Å²) in [5, 5.41) is 0. The van der Waals surface area contributed by atoms with Gasteiger partial charge in [-0.15, -0.1) is 0 Å². The molecule has 0 saturated heterocycles. The maximum Gasteiger partial charge on any atom is 0.157 e. The number of anilines is 1. The van der Waals surface area contributed by atoms with E-state index in [0.29, 0.717) is 10.2 Å². The van der Waals surface area contributed by atoms with Crippen LogP contribution < -0.4 is 10.5 Å². The summed E-state index contributed by atoms with van der Waals surface area (Å²) in [7, 11) is 0. The average molecular weight is 311 g/mol. The number of aromatic nitrogens is 1. The van der Waals surface area contributed by atoms with Gasteiger partial charge in [-0.2, -0.15) is 0 Å². The van der Waals surface area contributed by atoms with E-state index in [-0.39, 0.29) is 12.3 Å². The van der Waals surface area contributed by atoms with Crippen molar-refractivity contribution in [2.75, 3.05) is 5.73 Å². The zero-order valence-corrected chi connectivity index (χ0v) is 11.4. The number of pyridine rings is 1. The van der Waals surface area contributed by atoms with Crippen LogP contribution in [0.5, 0.6) is 5.75 Å². The Morgan fingerprint density at radius 2 is 2.17 bits per heavy atom. The number of aryl methyl sites for hydroxylation is 1. The van der Waals surface area contributed by atoms with E-state index in [9.17, 15) is 4.39 Å². The van der Waals surface area contributed by atoms with Gasteiger partial charge in [-0.3, -0.25) is 4.98 Å². The second-order valence-electron chi connectivity index (χ2n) is 3.86. The van der Waals surface area contributed by atoms with Crippen molar-refractivity contribution in [2.45, 2.75) is 13.5 Å². The molecule has 0 saturated carbocycles. The van der Waals surface area contributed by atoms with Gasteiger partial charge in [0.1, 0.15) is 12.4 Å². The molecule has 0 aliphatic heterocycles. The van der Waals surface area contributed by atoms with Crippen molar-refractivity contribution in [1.82, 2.24) is 4.98 Å². The molecule has 0 spiro atoms. The van der Waals surface area contributed by atoms with E-state index in [2.05, 4.69) is 20.9 Å². The van der Waals surface area contributed by atoms with Gasteiger partial charge in [0.2, 0.25) is 0 Å². The van der Waals surface area contributed by atoms with Gasteiger partial charge in [0, 0.05) is 11.8 Å². The van der Waals surface area contributed by atoms with Crippen LogP contribution in [-0.4, -0.2) is 4.98 Å². The minimum Gasteiger partial charge on any atom is -0.484 e. The van der Waals surface area contributed by atoms with Crippen molar-refractivity contribution in [3.8, 4) is 5.75 Å². The normalized spacial score (nSPS) is 10.4. The van der Waals surface area contributed by atoms with Crippen LogP contribution in [0.1, 0.15) is 11.4 Å². The molecule has 2 rings (SSSR count). The Kier molecular flexibility index (Phi) is 3.81. The average Bonchev–Trinajstić information content (AvgIpc) is 2.27. The van der Waals surface area contributed by atoms with E-state index in [1.54, 1.807) is 0 Å². The number of nitrogen functional groups attached to an aromatic ring is 1. The highest BCUT2D eigenvalue weighted by molar-refractivity contribution is 9.10. The molecule has 2 N–H and O–H groups in total. The molecule has 5 heteroatoms. The van der Waals surface area contributed by atoms with Crippen molar-refractivity contribution in [1.29, 1.82) is 0 Å². The minimum absolute atomic E-state index is 0.259. The molecule has 1 heterocycles. The predicted octanol–water partition coefficient (Wildman–Crippen LogP) is 3.45. The number of ether oxygens (including phenoxy) is 1. The molecule has 0 aliphatic carbocycles. The first-order chi connectivity index (χ1) is 8.56. The van der Waals surface area contributed by atoms with Crippen LogP contribution in [0, 0.1) is 12.7 Å². The van der Waals surface area contributed by atoms with Crippen LogP contribution in [-0.2, 0) is 6.61 Å². The van der Waals surface area contributed by atoms with Crippen LogP contribution in [0.2, 0.25) is 0 Å². The van der Waals surface area contributed by atoms with Crippen molar-refractivity contribution in [2.24, 2.45) is 0 Å². The highest BCUT2D eigenvalue weighted by Gasteiger charge is 2.09. The molecule has 0 unspecified atom stereocenters. The van der Waals surface area contributed by atoms with Gasteiger partial charge in [-0.1, -0.05) is 6.07 Å². The Hall–Kier alpha value is -1.62. The summed E-state index contributed by atoms with van der Waals surface area (Å²) in [4.78, 5) is 4.31. The summed E-state index contributed by atoms with van der Waals surface area (Å²) in [6.45, 7) is 2.20. The smallest absolute Gasteiger partial charge is 0.157 e. The highest BCUT2D eigenvalue weighted by atomic mass is 79.9. The summed E-state index contributed by atoms with van der Waals surface area (Å²) in [5.41, 5.74) is 7.68. The van der Waals surface area contributed by atoms with E-state index in [1.807, 2.05) is 25.1 Å². The summed E-state index contributed by atoms with van der Waals surface area (Å²) in [6, 6.07) is 8.22. The summed E-state index contributed by atoms with van der Waals surface area (Å²) in [6.07, 6.45) is 0. The minimum atomic E-state index is -0.402. The number of rotatable bonds is 3. The molecule has 0 aliphatic rings. The lowest BCUT2D eigenvalue weighted by Gasteiger charge is -2.11. The molecule has 0 fully saturated rings. The lowest BCUT2D eigenvalue weighted by atomic mass is 10.3. The molecule has 0 radical (unpaired) electrons. The van der Waals surface area contributed by atoms with E-state index >= 15 is 0 Å². The lowest BCUT2D eigenvalue weighted by molar-refractivity contribution is 0.300. The first kappa shape index (κ1) is 12.8. The first-order valence-corrected chi connectivity index (χ1v) is 6.15. The zero-order valence-electron chi connectivity index (χ0n) is 9.78. The fraction of sp³-hybridized carbons (Fsp3) is 0.154. The van der Waals surface area contributed by atoms with E-state index in [0.717, 1.165) is 11.4 Å². The molecule has 3 nitrogen and oxygen atoms in total. The number of nitrogens with zero attached hydrogens (tertiary/aromatic N) is 1. The maximum atomic E-state index is 13.0. The molecule has 1 aromatic heterocycles. The van der Waals surface area contributed by atoms with E-state index in [4.69, 9.17) is 10.5 Å². The fourth-order valence-electron chi connectivity index (χ4n) is 1.56. The number of nitrogens with two attached hydrogens (primary N) is 1. The largest absolute Gasteiger partial charge is 0.484 e. The standard InChI is InChI=1S/C13H12BrFN2O/c1-8-3-2-4-10(17-8)7-18-13-11(14)5-9(15)6-12(13)16/h2-6H,7,16H2,1H3. The van der Waals surface area contributed by atoms with Crippen molar-refractivity contribution in [3.63, 3.8) is 0 Å². The Morgan fingerprint density at radius 3 is 2.83 bits per heavy atom. The Morgan fingerprint density at radius 1 is 1.39 bits per heavy atom. The van der Waals surface area contributed by atoms with Crippen molar-refractivity contribution < 1.29 is 9.13 Å². The third kappa shape index (κ3) is 2.98. The third-order valence-corrected chi connectivity index (χ3v) is 2.94. The molecule has 2 aromatic rings. The number of benzene rings is 1. The molecule has 0 bridgehead atoms. The molecule has 18 heavy (non-hydrogen) atoms. The predicted molar refractivity (Wildman–Crippen MR) is 71.8 cm³/mol. The zero-order chi connectivity index (χ0) is 13.1. The fourth-order valence-corrected chi connectivity index (χ4v) is 2.12. The first-order valence-electron chi connectivity index (χ1n) is 5.36. The highest BCUT2D eigenvalue weighted by Crippen LogP contribution is 2.32.